The Morgan fingerprint density at radius 2 is 1.76 bits per heavy atom. The maximum atomic E-state index is 10.8. The van der Waals surface area contributed by atoms with E-state index in [0.29, 0.717) is 23.6 Å². The minimum absolute atomic E-state index is 0.0164. The summed E-state index contributed by atoms with van der Waals surface area (Å²) in [4.78, 5) is 10.8. The van der Waals surface area contributed by atoms with Crippen molar-refractivity contribution in [2.24, 2.45) is 5.18 Å². The number of benzene rings is 2. The van der Waals surface area contributed by atoms with Crippen LogP contribution in [0.1, 0.15) is 42.7 Å². The zero-order valence-electron chi connectivity index (χ0n) is 13.9. The van der Waals surface area contributed by atoms with Crippen molar-refractivity contribution in [3.05, 3.63) is 52.4 Å². The number of phenolic OH excluding ortho intramolecular Hbond substituents is 1. The first-order chi connectivity index (χ1) is 12.1. The Bertz CT molecular complexity index is 740. The van der Waals surface area contributed by atoms with Gasteiger partial charge in [-0.3, -0.25) is 0 Å². The molecule has 132 valence electrons. The summed E-state index contributed by atoms with van der Waals surface area (Å²) in [6, 6.07) is 11.4. The second-order valence-electron chi connectivity index (χ2n) is 6.47. The van der Waals surface area contributed by atoms with Crippen LogP contribution in [0.15, 0.2) is 41.6 Å². The van der Waals surface area contributed by atoms with Gasteiger partial charge >= 0.3 is 0 Å². The van der Waals surface area contributed by atoms with Gasteiger partial charge in [-0.1, -0.05) is 33.5 Å². The molecule has 5 nitrogen and oxygen atoms in total. The van der Waals surface area contributed by atoms with E-state index < -0.39 is 0 Å². The molecule has 2 aromatic rings. The Hall–Kier alpha value is -1.97. The highest BCUT2D eigenvalue weighted by Gasteiger charge is 2.20. The molecule has 0 aliphatic heterocycles. The maximum Gasteiger partial charge on any atom is 0.160 e. The minimum Gasteiger partial charge on any atom is -0.506 e. The predicted molar refractivity (Wildman–Crippen MR) is 101 cm³/mol. The van der Waals surface area contributed by atoms with Crippen molar-refractivity contribution in [3.63, 3.8) is 0 Å². The molecule has 1 atom stereocenters. The van der Waals surface area contributed by atoms with E-state index in [2.05, 4.69) is 26.5 Å². The lowest BCUT2D eigenvalue weighted by atomic mass is 9.82. The van der Waals surface area contributed by atoms with Gasteiger partial charge in [0.05, 0.1) is 6.10 Å². The highest BCUT2D eigenvalue weighted by molar-refractivity contribution is 7.28. The summed E-state index contributed by atoms with van der Waals surface area (Å²) in [5.74, 6) is 0.868. The second-order valence-corrected chi connectivity index (χ2v) is 7.05. The van der Waals surface area contributed by atoms with Crippen molar-refractivity contribution < 1.29 is 14.9 Å². The van der Waals surface area contributed by atoms with E-state index in [1.54, 1.807) is 6.07 Å². The molecule has 0 amide bonds. The second kappa shape index (κ2) is 7.94. The van der Waals surface area contributed by atoms with Crippen LogP contribution in [0.25, 0.3) is 0 Å². The first kappa shape index (κ1) is 17.8. The molecule has 1 unspecified atom stereocenters. The van der Waals surface area contributed by atoms with Gasteiger partial charge in [-0.2, -0.15) is 0 Å². The van der Waals surface area contributed by atoms with Crippen molar-refractivity contribution in [1.29, 1.82) is 0 Å². The Labute approximate surface area is 149 Å². The summed E-state index contributed by atoms with van der Waals surface area (Å²) in [5.41, 5.74) is 2.31. The van der Waals surface area contributed by atoms with Crippen molar-refractivity contribution in [3.8, 4) is 11.5 Å². The van der Waals surface area contributed by atoms with E-state index in [9.17, 15) is 15.1 Å². The summed E-state index contributed by atoms with van der Waals surface area (Å²) in [6.45, 7) is 0.369. The molecule has 6 heteroatoms. The fourth-order valence-electron chi connectivity index (χ4n) is 3.26. The highest BCUT2D eigenvalue weighted by atomic mass is 31.0. The fraction of sp³-hybridized carbons (Fsp3) is 0.368. The van der Waals surface area contributed by atoms with E-state index in [1.165, 1.54) is 11.6 Å². The molecule has 0 heterocycles. The smallest absolute Gasteiger partial charge is 0.160 e. The van der Waals surface area contributed by atoms with Gasteiger partial charge in [-0.15, -0.1) is 4.91 Å². The molecule has 1 aliphatic carbocycles. The van der Waals surface area contributed by atoms with Crippen molar-refractivity contribution in [1.82, 2.24) is 0 Å². The summed E-state index contributed by atoms with van der Waals surface area (Å²) in [5, 5.41) is 22.5. The molecule has 0 aromatic heterocycles. The largest absolute Gasteiger partial charge is 0.506 e. The molecule has 3 rings (SSSR count). The zero-order chi connectivity index (χ0) is 17.8. The first-order valence-electron chi connectivity index (χ1n) is 8.43. The maximum absolute atomic E-state index is 10.8. The Morgan fingerprint density at radius 1 is 1.08 bits per heavy atom. The van der Waals surface area contributed by atoms with Gasteiger partial charge in [-0.05, 0) is 60.0 Å². The number of nitroso groups, excluding NO2 is 1. The third-order valence-corrected chi connectivity index (χ3v) is 5.35. The molecule has 1 saturated carbocycles. The Morgan fingerprint density at radius 3 is 2.40 bits per heavy atom. The highest BCUT2D eigenvalue weighted by Crippen LogP contribution is 2.33. The predicted octanol–water partition coefficient (Wildman–Crippen LogP) is 3.89. The minimum atomic E-state index is -0.158. The number of hydrogen-bond acceptors (Lipinski definition) is 5. The normalized spacial score (nSPS) is 20.2. The molecular weight excluding hydrogens is 337 g/mol. The molecule has 2 N–H and O–H groups in total. The average Bonchev–Trinajstić information content (AvgIpc) is 2.63. The van der Waals surface area contributed by atoms with Gasteiger partial charge in [-0.25, -0.2) is 0 Å². The number of hydrogen-bond donors (Lipinski definition) is 2. The molecule has 1 fully saturated rings. The van der Waals surface area contributed by atoms with Gasteiger partial charge in [0.25, 0.3) is 0 Å². The summed E-state index contributed by atoms with van der Waals surface area (Å²) < 4.78 is 5.76. The Kier molecular flexibility index (Phi) is 5.67. The zero-order valence-corrected chi connectivity index (χ0v) is 15.0. The molecule has 0 spiro atoms. The first-order valence-corrected chi connectivity index (χ1v) is 9.00. The van der Waals surface area contributed by atoms with Crippen LogP contribution >= 0.6 is 9.24 Å². The average molecular weight is 359 g/mol. The summed E-state index contributed by atoms with van der Waals surface area (Å²) in [7, 11) is 2.38. The van der Waals surface area contributed by atoms with E-state index in [0.717, 1.165) is 31.2 Å². The third-order valence-electron chi connectivity index (χ3n) is 4.79. The van der Waals surface area contributed by atoms with Crippen LogP contribution < -0.4 is 10.0 Å². The van der Waals surface area contributed by atoms with Gasteiger partial charge in [0.2, 0.25) is 0 Å². The van der Waals surface area contributed by atoms with Crippen LogP contribution in [0.5, 0.6) is 11.5 Å². The fourth-order valence-corrected chi connectivity index (χ4v) is 3.64. The number of ether oxygens (including phenoxy) is 1. The van der Waals surface area contributed by atoms with Gasteiger partial charge < -0.3 is 14.9 Å². The molecule has 0 saturated heterocycles. The standard InChI is InChI=1S/C19H22NO4P/c21-15-7-5-14(6-8-15)13-3-1-12(2-4-13)11-24-17-10-9-16(22)18(20-23)19(17)25/h1-4,9-10,14-15,21-22H,5-8,11,25H2. The lowest BCUT2D eigenvalue weighted by Gasteiger charge is -2.25. The van der Waals surface area contributed by atoms with Crippen LogP contribution in [0.3, 0.4) is 0 Å². The molecule has 1 aliphatic rings. The molecule has 0 bridgehead atoms. The number of aromatic hydroxyl groups is 1. The van der Waals surface area contributed by atoms with Gasteiger partial charge in [0.15, 0.2) is 5.69 Å². The lowest BCUT2D eigenvalue weighted by Crippen LogP contribution is -2.16. The van der Waals surface area contributed by atoms with E-state index in [4.69, 9.17) is 4.74 Å². The topological polar surface area (TPSA) is 79.1 Å². The van der Waals surface area contributed by atoms with E-state index >= 15 is 0 Å². The monoisotopic (exact) mass is 359 g/mol. The van der Waals surface area contributed by atoms with Crippen molar-refractivity contribution >= 4 is 20.2 Å². The molecule has 0 radical (unpaired) electrons. The molecule has 25 heavy (non-hydrogen) atoms. The summed E-state index contributed by atoms with van der Waals surface area (Å²) in [6.07, 6.45) is 3.67. The van der Waals surface area contributed by atoms with E-state index in [-0.39, 0.29) is 17.5 Å². The van der Waals surface area contributed by atoms with Crippen LogP contribution in [0.2, 0.25) is 0 Å². The van der Waals surface area contributed by atoms with Gasteiger partial charge in [0, 0.05) is 5.30 Å². The number of nitrogens with zero attached hydrogens (tertiary/aromatic N) is 1. The van der Waals surface area contributed by atoms with Crippen LogP contribution in [-0.4, -0.2) is 16.3 Å². The summed E-state index contributed by atoms with van der Waals surface area (Å²) >= 11 is 0. The number of phenols is 1. The number of aliphatic hydroxyl groups excluding tert-OH is 1. The van der Waals surface area contributed by atoms with Crippen LogP contribution in [0, 0.1) is 4.91 Å². The molecule has 2 aromatic carbocycles. The van der Waals surface area contributed by atoms with E-state index in [1.807, 2.05) is 12.1 Å². The quantitative estimate of drug-likeness (QED) is 0.627. The third kappa shape index (κ3) is 4.17. The van der Waals surface area contributed by atoms with Crippen LogP contribution in [0.4, 0.5) is 5.69 Å². The molecular formula is C19H22NO4P. The van der Waals surface area contributed by atoms with Gasteiger partial charge in [0.1, 0.15) is 18.1 Å². The van der Waals surface area contributed by atoms with Crippen molar-refractivity contribution in [2.75, 3.05) is 0 Å². The Balaban J connectivity index is 1.63. The lowest BCUT2D eigenvalue weighted by molar-refractivity contribution is 0.122. The SMILES string of the molecule is O=Nc1c(O)ccc(OCc2ccc(C3CCC(O)CC3)cc2)c1P. The van der Waals surface area contributed by atoms with Crippen LogP contribution in [-0.2, 0) is 6.61 Å². The van der Waals surface area contributed by atoms with Crippen molar-refractivity contribution in [2.45, 2.75) is 44.3 Å². The number of aliphatic hydroxyl groups is 1. The number of rotatable bonds is 5.